The molecular weight excluding hydrogens is 234 g/mol. The summed E-state index contributed by atoms with van der Waals surface area (Å²) in [6.45, 7) is 2.22. The number of benzene rings is 1. The van der Waals surface area contributed by atoms with Gasteiger partial charge in [0, 0.05) is 11.6 Å². The second-order valence-electron chi connectivity index (χ2n) is 5.18. The van der Waals surface area contributed by atoms with Crippen molar-refractivity contribution in [2.24, 2.45) is 0 Å². The van der Waals surface area contributed by atoms with Gasteiger partial charge in [-0.2, -0.15) is 0 Å². The van der Waals surface area contributed by atoms with Crippen molar-refractivity contribution in [3.63, 3.8) is 0 Å². The van der Waals surface area contributed by atoms with Crippen molar-refractivity contribution in [2.45, 2.75) is 51.6 Å². The van der Waals surface area contributed by atoms with E-state index in [1.54, 1.807) is 6.20 Å². The predicted molar refractivity (Wildman–Crippen MR) is 80.1 cm³/mol. The first-order chi connectivity index (χ1) is 9.31. The lowest BCUT2D eigenvalue weighted by Gasteiger charge is -2.11. The van der Waals surface area contributed by atoms with E-state index < -0.39 is 0 Å². The van der Waals surface area contributed by atoms with E-state index in [1.807, 2.05) is 24.3 Å². The van der Waals surface area contributed by atoms with Gasteiger partial charge in [-0.1, -0.05) is 57.2 Å². The largest absolute Gasteiger partial charge is 0.388 e. The van der Waals surface area contributed by atoms with Gasteiger partial charge in [-0.05, 0) is 24.1 Å². The van der Waals surface area contributed by atoms with E-state index >= 15 is 0 Å². The van der Waals surface area contributed by atoms with Gasteiger partial charge in [-0.3, -0.25) is 4.98 Å². The van der Waals surface area contributed by atoms with E-state index in [4.69, 9.17) is 0 Å². The number of hydrogen-bond acceptors (Lipinski definition) is 2. The molecule has 0 spiro atoms. The Bertz CT molecular complexity index is 509. The Kier molecular flexibility index (Phi) is 5.34. The van der Waals surface area contributed by atoms with Gasteiger partial charge in [-0.25, -0.2) is 0 Å². The van der Waals surface area contributed by atoms with E-state index in [0.29, 0.717) is 0 Å². The summed E-state index contributed by atoms with van der Waals surface area (Å²) >= 11 is 0. The molecule has 1 heterocycles. The number of nitrogens with zero attached hydrogens (tertiary/aromatic N) is 1. The van der Waals surface area contributed by atoms with Crippen LogP contribution in [-0.2, 0) is 0 Å². The van der Waals surface area contributed by atoms with Gasteiger partial charge in [-0.15, -0.1) is 0 Å². The predicted octanol–water partition coefficient (Wildman–Crippen LogP) is 4.63. The van der Waals surface area contributed by atoms with Gasteiger partial charge in [0.25, 0.3) is 0 Å². The van der Waals surface area contributed by atoms with E-state index in [9.17, 15) is 5.11 Å². The molecule has 0 saturated carbocycles. The molecule has 19 heavy (non-hydrogen) atoms. The molecule has 0 aliphatic rings. The average molecular weight is 257 g/mol. The lowest BCUT2D eigenvalue weighted by molar-refractivity contribution is 0.163. The molecule has 1 aromatic carbocycles. The molecule has 0 saturated heterocycles. The van der Waals surface area contributed by atoms with E-state index in [1.165, 1.54) is 25.7 Å². The van der Waals surface area contributed by atoms with Gasteiger partial charge in [0.05, 0.1) is 11.6 Å². The Morgan fingerprint density at radius 3 is 2.74 bits per heavy atom. The minimum absolute atomic E-state index is 0.376. The molecule has 2 nitrogen and oxygen atoms in total. The van der Waals surface area contributed by atoms with E-state index in [2.05, 4.69) is 18.0 Å². The first-order valence-electron chi connectivity index (χ1n) is 7.34. The topological polar surface area (TPSA) is 33.1 Å². The third kappa shape index (κ3) is 4.03. The molecule has 2 aromatic rings. The Labute approximate surface area is 115 Å². The monoisotopic (exact) mass is 257 g/mol. The summed E-state index contributed by atoms with van der Waals surface area (Å²) in [6, 6.07) is 10.1. The molecular formula is C17H23NO. The van der Waals surface area contributed by atoms with Crippen LogP contribution in [0.25, 0.3) is 10.9 Å². The van der Waals surface area contributed by atoms with Crippen molar-refractivity contribution in [1.29, 1.82) is 0 Å². The normalized spacial score (nSPS) is 12.7. The zero-order valence-electron chi connectivity index (χ0n) is 11.7. The van der Waals surface area contributed by atoms with Crippen LogP contribution < -0.4 is 0 Å². The van der Waals surface area contributed by atoms with Crippen molar-refractivity contribution in [1.82, 2.24) is 4.98 Å². The number of hydrogen-bond donors (Lipinski definition) is 1. The lowest BCUT2D eigenvalue weighted by atomic mass is 10.0. The van der Waals surface area contributed by atoms with Crippen molar-refractivity contribution < 1.29 is 5.11 Å². The first-order valence-corrected chi connectivity index (χ1v) is 7.34. The van der Waals surface area contributed by atoms with Crippen LogP contribution in [0.3, 0.4) is 0 Å². The van der Waals surface area contributed by atoms with E-state index in [0.717, 1.165) is 29.3 Å². The minimum atomic E-state index is -0.376. The third-order valence-corrected chi connectivity index (χ3v) is 3.58. The fourth-order valence-electron chi connectivity index (χ4n) is 2.38. The molecule has 0 aliphatic carbocycles. The average Bonchev–Trinajstić information content (AvgIpc) is 2.46. The quantitative estimate of drug-likeness (QED) is 0.734. The Morgan fingerprint density at radius 1 is 1.11 bits per heavy atom. The second-order valence-corrected chi connectivity index (χ2v) is 5.18. The maximum Gasteiger partial charge on any atom is 0.0805 e. The van der Waals surface area contributed by atoms with E-state index in [-0.39, 0.29) is 6.10 Å². The van der Waals surface area contributed by atoms with Crippen LogP contribution in [0, 0.1) is 0 Å². The molecule has 102 valence electrons. The molecule has 2 rings (SSSR count). The molecule has 1 aromatic heterocycles. The van der Waals surface area contributed by atoms with Crippen LogP contribution in [0.4, 0.5) is 0 Å². The summed E-state index contributed by atoms with van der Waals surface area (Å²) in [5.41, 5.74) is 1.93. The number of aromatic nitrogens is 1. The Morgan fingerprint density at radius 2 is 1.89 bits per heavy atom. The lowest BCUT2D eigenvalue weighted by Crippen LogP contribution is -1.98. The standard InChI is InChI=1S/C17H23NO/c1-2-3-4-5-6-11-17(19)15-12-14-9-7-8-10-16(14)18-13-15/h7-10,12-13,17,19H,2-6,11H2,1H3. The van der Waals surface area contributed by atoms with Crippen LogP contribution in [0.1, 0.15) is 57.1 Å². The zero-order valence-corrected chi connectivity index (χ0v) is 11.7. The zero-order chi connectivity index (χ0) is 13.5. The number of fused-ring (bicyclic) bond motifs is 1. The molecule has 0 amide bonds. The highest BCUT2D eigenvalue weighted by atomic mass is 16.3. The summed E-state index contributed by atoms with van der Waals surface area (Å²) in [6.07, 6.45) is 8.41. The first kappa shape index (κ1) is 14.0. The van der Waals surface area contributed by atoms with Gasteiger partial charge >= 0.3 is 0 Å². The molecule has 1 N–H and O–H groups in total. The van der Waals surface area contributed by atoms with Gasteiger partial charge in [0.15, 0.2) is 0 Å². The van der Waals surface area contributed by atoms with Crippen molar-refractivity contribution in [3.05, 3.63) is 42.1 Å². The highest BCUT2D eigenvalue weighted by molar-refractivity contribution is 5.78. The maximum absolute atomic E-state index is 10.2. The van der Waals surface area contributed by atoms with Crippen LogP contribution in [0.15, 0.2) is 36.5 Å². The van der Waals surface area contributed by atoms with Crippen LogP contribution in [0.5, 0.6) is 0 Å². The summed E-state index contributed by atoms with van der Waals surface area (Å²) in [4.78, 5) is 4.40. The number of aliphatic hydroxyl groups is 1. The molecule has 2 heteroatoms. The third-order valence-electron chi connectivity index (χ3n) is 3.58. The van der Waals surface area contributed by atoms with Crippen LogP contribution in [-0.4, -0.2) is 10.1 Å². The van der Waals surface area contributed by atoms with Gasteiger partial charge < -0.3 is 5.11 Å². The Balaban J connectivity index is 1.91. The fourth-order valence-corrected chi connectivity index (χ4v) is 2.38. The SMILES string of the molecule is CCCCCCCC(O)c1cnc2ccccc2c1. The number of pyridine rings is 1. The summed E-state index contributed by atoms with van der Waals surface area (Å²) in [5.74, 6) is 0. The summed E-state index contributed by atoms with van der Waals surface area (Å²) in [5, 5.41) is 11.3. The van der Waals surface area contributed by atoms with Crippen LogP contribution in [0.2, 0.25) is 0 Å². The second kappa shape index (κ2) is 7.25. The van der Waals surface area contributed by atoms with Gasteiger partial charge in [0.1, 0.15) is 0 Å². The smallest absolute Gasteiger partial charge is 0.0805 e. The van der Waals surface area contributed by atoms with Crippen LogP contribution >= 0.6 is 0 Å². The summed E-state index contributed by atoms with van der Waals surface area (Å²) < 4.78 is 0. The molecule has 0 radical (unpaired) electrons. The van der Waals surface area contributed by atoms with Crippen molar-refractivity contribution in [2.75, 3.05) is 0 Å². The molecule has 0 fully saturated rings. The fraction of sp³-hybridized carbons (Fsp3) is 0.471. The highest BCUT2D eigenvalue weighted by Gasteiger charge is 2.08. The van der Waals surface area contributed by atoms with Gasteiger partial charge in [0.2, 0.25) is 0 Å². The number of rotatable bonds is 7. The van der Waals surface area contributed by atoms with Crippen molar-refractivity contribution >= 4 is 10.9 Å². The highest BCUT2D eigenvalue weighted by Crippen LogP contribution is 2.22. The molecule has 0 aliphatic heterocycles. The number of unbranched alkanes of at least 4 members (excludes halogenated alkanes) is 4. The molecule has 1 unspecified atom stereocenters. The molecule has 1 atom stereocenters. The minimum Gasteiger partial charge on any atom is -0.388 e. The van der Waals surface area contributed by atoms with Crippen molar-refractivity contribution in [3.8, 4) is 0 Å². The number of aliphatic hydroxyl groups excluding tert-OH is 1. The molecule has 0 bridgehead atoms. The maximum atomic E-state index is 10.2. The number of para-hydroxylation sites is 1. The summed E-state index contributed by atoms with van der Waals surface area (Å²) in [7, 11) is 0. The Hall–Kier alpha value is -1.41.